The maximum atomic E-state index is 12.1. The highest BCUT2D eigenvalue weighted by Gasteiger charge is 2.14. The number of ether oxygens (including phenoxy) is 1. The zero-order valence-electron chi connectivity index (χ0n) is 18.2. The van der Waals surface area contributed by atoms with E-state index in [4.69, 9.17) is 10.6 Å². The van der Waals surface area contributed by atoms with E-state index in [0.717, 1.165) is 50.8 Å². The quantitative estimate of drug-likeness (QED) is 0.363. The van der Waals surface area contributed by atoms with Crippen molar-refractivity contribution >= 4 is 11.7 Å². The van der Waals surface area contributed by atoms with Crippen molar-refractivity contribution in [3.8, 4) is 11.4 Å². The molecule has 0 bridgehead atoms. The van der Waals surface area contributed by atoms with Gasteiger partial charge in [-0.3, -0.25) is 5.01 Å². The lowest BCUT2D eigenvalue weighted by molar-refractivity contribution is 0.223. The smallest absolute Gasteiger partial charge is 0.335 e. The van der Waals surface area contributed by atoms with Crippen LogP contribution in [0.25, 0.3) is 5.69 Å². The van der Waals surface area contributed by atoms with Gasteiger partial charge < -0.3 is 10.1 Å². The van der Waals surface area contributed by atoms with Gasteiger partial charge in [0.2, 0.25) is 0 Å². The molecule has 2 aromatic carbocycles. The molecule has 0 unspecified atom stereocenters. The zero-order chi connectivity index (χ0) is 21.8. The monoisotopic (exact) mass is 407 g/mol. The van der Waals surface area contributed by atoms with Crippen LogP contribution in [0.2, 0.25) is 0 Å². The molecule has 3 aromatic rings. The van der Waals surface area contributed by atoms with Crippen LogP contribution in [-0.4, -0.2) is 27.9 Å². The summed E-state index contributed by atoms with van der Waals surface area (Å²) < 4.78 is 8.08. The largest absolute Gasteiger partial charge is 0.489 e. The molecule has 1 aromatic heterocycles. The fourth-order valence-electron chi connectivity index (χ4n) is 3.33. The summed E-state index contributed by atoms with van der Waals surface area (Å²) in [5, 5.41) is 8.37. The Hall–Kier alpha value is -3.32. The number of aryl methyl sites for hydroxylation is 4. The molecule has 158 valence electrons. The van der Waals surface area contributed by atoms with Gasteiger partial charge in [-0.25, -0.2) is 15.3 Å². The fraction of sp³-hybridized carbons (Fsp3) is 0.304. The first-order valence-corrected chi connectivity index (χ1v) is 9.97. The molecular formula is C23H29N5O2. The second-order valence-corrected chi connectivity index (χ2v) is 7.43. The van der Waals surface area contributed by atoms with Gasteiger partial charge in [-0.1, -0.05) is 19.1 Å². The van der Waals surface area contributed by atoms with Gasteiger partial charge in [-0.05, 0) is 68.1 Å². The predicted molar refractivity (Wildman–Crippen MR) is 119 cm³/mol. The van der Waals surface area contributed by atoms with Gasteiger partial charge in [0.1, 0.15) is 12.4 Å². The van der Waals surface area contributed by atoms with Gasteiger partial charge in [0, 0.05) is 24.5 Å². The van der Waals surface area contributed by atoms with Gasteiger partial charge >= 0.3 is 6.03 Å². The Morgan fingerprint density at radius 3 is 2.60 bits per heavy atom. The van der Waals surface area contributed by atoms with E-state index in [-0.39, 0.29) is 6.03 Å². The number of nitrogens with one attached hydrogen (secondary N) is 1. The lowest BCUT2D eigenvalue weighted by atomic mass is 10.0. The maximum Gasteiger partial charge on any atom is 0.335 e. The molecule has 0 saturated carbocycles. The molecular weight excluding hydrogens is 378 g/mol. The lowest BCUT2D eigenvalue weighted by Gasteiger charge is -2.19. The molecule has 0 atom stereocenters. The predicted octanol–water partition coefficient (Wildman–Crippen LogP) is 4.28. The van der Waals surface area contributed by atoms with Gasteiger partial charge in [-0.2, -0.15) is 5.10 Å². The van der Waals surface area contributed by atoms with Gasteiger partial charge in [0.25, 0.3) is 0 Å². The van der Waals surface area contributed by atoms with Crippen molar-refractivity contribution in [3.05, 3.63) is 70.5 Å². The van der Waals surface area contributed by atoms with E-state index < -0.39 is 0 Å². The number of rotatable bonds is 6. The Bertz CT molecular complexity index is 1060. The van der Waals surface area contributed by atoms with Crippen molar-refractivity contribution in [3.63, 3.8) is 0 Å². The van der Waals surface area contributed by atoms with E-state index in [1.54, 1.807) is 0 Å². The molecule has 0 aliphatic rings. The van der Waals surface area contributed by atoms with Crippen LogP contribution in [0.15, 0.2) is 42.6 Å². The number of anilines is 1. The van der Waals surface area contributed by atoms with E-state index in [2.05, 4.69) is 23.4 Å². The summed E-state index contributed by atoms with van der Waals surface area (Å²) >= 11 is 0. The van der Waals surface area contributed by atoms with Crippen molar-refractivity contribution in [2.75, 3.05) is 12.4 Å². The number of carbonyl (C=O) groups is 1. The molecule has 3 rings (SSSR count). The molecule has 1 heterocycles. The number of benzene rings is 2. The molecule has 0 spiro atoms. The normalized spacial score (nSPS) is 10.7. The summed E-state index contributed by atoms with van der Waals surface area (Å²) in [4.78, 5) is 12.1. The lowest BCUT2D eigenvalue weighted by Crippen LogP contribution is -2.37. The second kappa shape index (κ2) is 9.00. The highest BCUT2D eigenvalue weighted by molar-refractivity contribution is 5.89. The molecule has 30 heavy (non-hydrogen) atoms. The number of hydrazine groups is 1. The van der Waals surface area contributed by atoms with Crippen LogP contribution in [0.5, 0.6) is 5.75 Å². The minimum absolute atomic E-state index is 0.342. The first-order valence-electron chi connectivity index (χ1n) is 9.97. The van der Waals surface area contributed by atoms with Crippen molar-refractivity contribution in [2.45, 2.75) is 40.7 Å². The molecule has 0 aliphatic carbocycles. The Morgan fingerprint density at radius 1 is 1.20 bits per heavy atom. The van der Waals surface area contributed by atoms with Gasteiger partial charge in [0.15, 0.2) is 0 Å². The number of amides is 2. The summed E-state index contributed by atoms with van der Waals surface area (Å²) in [6.07, 6.45) is 2.79. The van der Waals surface area contributed by atoms with Crippen LogP contribution in [0, 0.1) is 20.8 Å². The standard InChI is InChI=1S/C23H29N5O2/c1-6-18-8-7-9-20(25-23(29)27(5)24)19(18)14-30-22-13-15(2)21(12-16(22)3)28-11-10-17(4)26-28/h7-13H,6,14,24H2,1-5H3,(H,25,29). The number of nitrogens with zero attached hydrogens (tertiary/aromatic N) is 3. The molecule has 0 saturated heterocycles. The Labute approximate surface area is 177 Å². The highest BCUT2D eigenvalue weighted by Crippen LogP contribution is 2.28. The summed E-state index contributed by atoms with van der Waals surface area (Å²) in [5.74, 6) is 6.36. The second-order valence-electron chi connectivity index (χ2n) is 7.43. The first-order chi connectivity index (χ1) is 14.3. The minimum Gasteiger partial charge on any atom is -0.489 e. The number of nitrogens with two attached hydrogens (primary N) is 1. The molecule has 0 aliphatic heterocycles. The third kappa shape index (κ3) is 4.63. The van der Waals surface area contributed by atoms with Crippen molar-refractivity contribution in [2.24, 2.45) is 5.84 Å². The average Bonchev–Trinajstić information content (AvgIpc) is 3.14. The highest BCUT2D eigenvalue weighted by atomic mass is 16.5. The maximum absolute atomic E-state index is 12.1. The van der Waals surface area contributed by atoms with Crippen molar-refractivity contribution in [1.29, 1.82) is 0 Å². The minimum atomic E-state index is -0.379. The molecule has 7 heteroatoms. The van der Waals surface area contributed by atoms with Crippen LogP contribution < -0.4 is 15.9 Å². The van der Waals surface area contributed by atoms with E-state index >= 15 is 0 Å². The van der Waals surface area contributed by atoms with Gasteiger partial charge in [0.05, 0.1) is 11.4 Å². The van der Waals surface area contributed by atoms with Crippen LogP contribution in [-0.2, 0) is 13.0 Å². The fourth-order valence-corrected chi connectivity index (χ4v) is 3.33. The zero-order valence-corrected chi connectivity index (χ0v) is 18.2. The third-order valence-electron chi connectivity index (χ3n) is 5.05. The first kappa shape index (κ1) is 21.4. The van der Waals surface area contributed by atoms with Crippen LogP contribution in [0.1, 0.15) is 34.9 Å². The number of carbonyl (C=O) groups excluding carboxylic acids is 1. The van der Waals surface area contributed by atoms with Crippen molar-refractivity contribution in [1.82, 2.24) is 14.8 Å². The third-order valence-corrected chi connectivity index (χ3v) is 5.05. The number of hydrogen-bond donors (Lipinski definition) is 2. The van der Waals surface area contributed by atoms with E-state index in [1.165, 1.54) is 7.05 Å². The topological polar surface area (TPSA) is 85.4 Å². The van der Waals surface area contributed by atoms with Crippen LogP contribution >= 0.6 is 0 Å². The summed E-state index contributed by atoms with van der Waals surface area (Å²) in [6.45, 7) is 8.46. The Kier molecular flexibility index (Phi) is 6.42. The van der Waals surface area contributed by atoms with Crippen molar-refractivity contribution < 1.29 is 9.53 Å². The number of hydrogen-bond acceptors (Lipinski definition) is 4. The average molecular weight is 408 g/mol. The van der Waals surface area contributed by atoms with E-state index in [0.29, 0.717) is 12.3 Å². The Balaban J connectivity index is 1.86. The van der Waals surface area contributed by atoms with Gasteiger partial charge in [-0.15, -0.1) is 0 Å². The SMILES string of the molecule is CCc1cccc(NC(=O)N(C)N)c1COc1cc(C)c(-n2ccc(C)n2)cc1C. The summed E-state index contributed by atoms with van der Waals surface area (Å²) in [6, 6.07) is 11.5. The number of aromatic nitrogens is 2. The van der Waals surface area contributed by atoms with Crippen LogP contribution in [0.4, 0.5) is 10.5 Å². The number of urea groups is 1. The molecule has 0 fully saturated rings. The Morgan fingerprint density at radius 2 is 1.97 bits per heavy atom. The molecule has 7 nitrogen and oxygen atoms in total. The summed E-state index contributed by atoms with van der Waals surface area (Å²) in [5.41, 5.74) is 6.85. The summed E-state index contributed by atoms with van der Waals surface area (Å²) in [7, 11) is 1.50. The van der Waals surface area contributed by atoms with Crippen LogP contribution in [0.3, 0.4) is 0 Å². The van der Waals surface area contributed by atoms with E-state index in [1.807, 2.05) is 62.0 Å². The molecule has 2 amide bonds. The van der Waals surface area contributed by atoms with E-state index in [9.17, 15) is 4.79 Å². The molecule has 3 N–H and O–H groups in total. The molecule has 0 radical (unpaired) electrons.